The molecule has 3 heteroatoms. The molecule has 4 aliphatic rings. The third kappa shape index (κ3) is 2.74. The largest absolute Gasteiger partial charge is 0.354 e. The van der Waals surface area contributed by atoms with Gasteiger partial charge >= 0.3 is 0 Å². The van der Waals surface area contributed by atoms with Crippen LogP contribution in [-0.2, 0) is 4.79 Å². The maximum Gasteiger partial charge on any atom is 0.226 e. The van der Waals surface area contributed by atoms with E-state index in [-0.39, 0.29) is 11.5 Å². The first-order valence-electron chi connectivity index (χ1n) is 8.82. The zero-order valence-corrected chi connectivity index (χ0v) is 14.0. The first kappa shape index (κ1) is 15.3. The van der Waals surface area contributed by atoms with Gasteiger partial charge in [0.1, 0.15) is 0 Å². The monoisotopic (exact) mass is 292 g/mol. The number of carbonyl (C=O) groups is 1. The van der Waals surface area contributed by atoms with Gasteiger partial charge in [-0.25, -0.2) is 0 Å². The molecule has 1 amide bonds. The highest BCUT2D eigenvalue weighted by Crippen LogP contribution is 2.69. The Kier molecular flexibility index (Phi) is 3.63. The fourth-order valence-electron chi connectivity index (χ4n) is 6.59. The summed E-state index contributed by atoms with van der Waals surface area (Å²) < 4.78 is 0. The molecule has 3 atom stereocenters. The number of nitrogens with one attached hydrogen (secondary N) is 1. The minimum absolute atomic E-state index is 0.0884. The summed E-state index contributed by atoms with van der Waals surface area (Å²) in [6.45, 7) is 7.62. The zero-order chi connectivity index (χ0) is 15.3. The van der Waals surface area contributed by atoms with Crippen LogP contribution in [0.1, 0.15) is 72.1 Å². The maximum atomic E-state index is 12.9. The number of amides is 1. The molecule has 21 heavy (non-hydrogen) atoms. The molecule has 3 N–H and O–H groups in total. The summed E-state index contributed by atoms with van der Waals surface area (Å²) in [4.78, 5) is 12.9. The van der Waals surface area contributed by atoms with E-state index in [4.69, 9.17) is 5.73 Å². The van der Waals surface area contributed by atoms with Crippen LogP contribution in [-0.4, -0.2) is 18.5 Å². The molecule has 3 unspecified atom stereocenters. The van der Waals surface area contributed by atoms with Crippen molar-refractivity contribution >= 4 is 5.91 Å². The third-order valence-electron chi connectivity index (χ3n) is 6.29. The summed E-state index contributed by atoms with van der Waals surface area (Å²) >= 11 is 0. The second-order valence-electron chi connectivity index (χ2n) is 9.17. The Labute approximate surface area is 129 Å². The van der Waals surface area contributed by atoms with Crippen molar-refractivity contribution in [2.45, 2.75) is 78.2 Å². The van der Waals surface area contributed by atoms with E-state index in [1.165, 1.54) is 19.3 Å². The van der Waals surface area contributed by atoms with Crippen LogP contribution in [0.25, 0.3) is 0 Å². The summed E-state index contributed by atoms with van der Waals surface area (Å²) in [5.41, 5.74) is 6.77. The Morgan fingerprint density at radius 3 is 2.33 bits per heavy atom. The molecule has 4 rings (SSSR count). The van der Waals surface area contributed by atoms with Gasteiger partial charge in [-0.15, -0.1) is 0 Å². The average molecular weight is 292 g/mol. The first-order chi connectivity index (χ1) is 9.78. The van der Waals surface area contributed by atoms with Gasteiger partial charge in [0, 0.05) is 12.6 Å². The van der Waals surface area contributed by atoms with E-state index >= 15 is 0 Å². The molecular weight excluding hydrogens is 260 g/mol. The van der Waals surface area contributed by atoms with Crippen molar-refractivity contribution in [3.8, 4) is 0 Å². The molecule has 0 aliphatic heterocycles. The lowest BCUT2D eigenvalue weighted by atomic mass is 9.40. The van der Waals surface area contributed by atoms with E-state index in [1.54, 1.807) is 0 Å². The number of rotatable bonds is 5. The van der Waals surface area contributed by atoms with E-state index in [0.717, 1.165) is 38.0 Å². The molecule has 0 heterocycles. The van der Waals surface area contributed by atoms with Crippen molar-refractivity contribution in [2.75, 3.05) is 6.54 Å². The van der Waals surface area contributed by atoms with E-state index in [0.29, 0.717) is 23.3 Å². The van der Waals surface area contributed by atoms with E-state index in [9.17, 15) is 4.79 Å². The zero-order valence-electron chi connectivity index (χ0n) is 14.0. The lowest BCUT2D eigenvalue weighted by Gasteiger charge is -2.64. The molecule has 3 nitrogen and oxygen atoms in total. The Bertz CT molecular complexity index is 415. The van der Waals surface area contributed by atoms with Crippen LogP contribution in [0.2, 0.25) is 0 Å². The van der Waals surface area contributed by atoms with Crippen LogP contribution < -0.4 is 11.1 Å². The number of hydrogen-bond donors (Lipinski definition) is 2. The first-order valence-corrected chi connectivity index (χ1v) is 8.82. The second kappa shape index (κ2) is 4.97. The number of hydrogen-bond acceptors (Lipinski definition) is 2. The van der Waals surface area contributed by atoms with Gasteiger partial charge in [0.25, 0.3) is 0 Å². The highest BCUT2D eigenvalue weighted by molar-refractivity contribution is 5.83. The summed E-state index contributed by atoms with van der Waals surface area (Å²) in [7, 11) is 0. The molecule has 0 saturated heterocycles. The molecule has 4 saturated carbocycles. The average Bonchev–Trinajstić information content (AvgIpc) is 2.31. The standard InChI is InChI=1S/C18H32N2O/c1-4-5-14(19)9-20-15(21)18-8-13-6-16(2,11-18)10-17(3,7-13)12-18/h13-14H,4-12,19H2,1-3H3,(H,20,21). The SMILES string of the molecule is CCCC(N)CNC(=O)C12CC3CC(C)(CC(C)(C3)C1)C2. The quantitative estimate of drug-likeness (QED) is 0.817. The highest BCUT2D eigenvalue weighted by atomic mass is 16.2. The molecule has 0 aromatic rings. The lowest BCUT2D eigenvalue weighted by Crippen LogP contribution is -2.60. The van der Waals surface area contributed by atoms with Crippen LogP contribution in [0.4, 0.5) is 0 Å². The van der Waals surface area contributed by atoms with Gasteiger partial charge in [-0.05, 0) is 61.7 Å². The van der Waals surface area contributed by atoms with Crippen molar-refractivity contribution in [1.82, 2.24) is 5.32 Å². The second-order valence-corrected chi connectivity index (χ2v) is 9.17. The van der Waals surface area contributed by atoms with Gasteiger partial charge in [-0.3, -0.25) is 4.79 Å². The van der Waals surface area contributed by atoms with E-state index < -0.39 is 0 Å². The molecule has 0 aromatic heterocycles. The van der Waals surface area contributed by atoms with Crippen molar-refractivity contribution in [3.63, 3.8) is 0 Å². The van der Waals surface area contributed by atoms with Crippen molar-refractivity contribution < 1.29 is 4.79 Å². The fourth-order valence-corrected chi connectivity index (χ4v) is 6.59. The van der Waals surface area contributed by atoms with Gasteiger partial charge in [0.05, 0.1) is 5.41 Å². The molecule has 4 aliphatic carbocycles. The van der Waals surface area contributed by atoms with Crippen LogP contribution in [0.5, 0.6) is 0 Å². The molecular formula is C18H32N2O. The van der Waals surface area contributed by atoms with E-state index in [1.807, 2.05) is 0 Å². The van der Waals surface area contributed by atoms with Crippen molar-refractivity contribution in [3.05, 3.63) is 0 Å². The number of nitrogens with two attached hydrogens (primary N) is 1. The van der Waals surface area contributed by atoms with E-state index in [2.05, 4.69) is 26.1 Å². The minimum Gasteiger partial charge on any atom is -0.354 e. The summed E-state index contributed by atoms with van der Waals surface area (Å²) in [6, 6.07) is 0.110. The summed E-state index contributed by atoms with van der Waals surface area (Å²) in [5.74, 6) is 1.07. The lowest BCUT2D eigenvalue weighted by molar-refractivity contribution is -0.170. The summed E-state index contributed by atoms with van der Waals surface area (Å²) in [5, 5.41) is 3.19. The molecule has 4 fully saturated rings. The van der Waals surface area contributed by atoms with Gasteiger partial charge in [-0.2, -0.15) is 0 Å². The van der Waals surface area contributed by atoms with Crippen LogP contribution in [0.15, 0.2) is 0 Å². The predicted octanol–water partition coefficient (Wildman–Crippen LogP) is 3.23. The Morgan fingerprint density at radius 2 is 1.81 bits per heavy atom. The normalized spacial score (nSPS) is 45.6. The third-order valence-corrected chi connectivity index (χ3v) is 6.29. The molecule has 0 radical (unpaired) electrons. The predicted molar refractivity (Wildman–Crippen MR) is 85.7 cm³/mol. The van der Waals surface area contributed by atoms with Crippen LogP contribution >= 0.6 is 0 Å². The molecule has 0 spiro atoms. The Hall–Kier alpha value is -0.570. The van der Waals surface area contributed by atoms with Gasteiger partial charge in [0.2, 0.25) is 5.91 Å². The maximum absolute atomic E-state index is 12.9. The number of carbonyl (C=O) groups excluding carboxylic acids is 1. The fraction of sp³-hybridized carbons (Fsp3) is 0.944. The van der Waals surface area contributed by atoms with Crippen molar-refractivity contribution in [1.29, 1.82) is 0 Å². The Balaban J connectivity index is 1.71. The van der Waals surface area contributed by atoms with Crippen LogP contribution in [0, 0.1) is 22.2 Å². The highest BCUT2D eigenvalue weighted by Gasteiger charge is 2.62. The summed E-state index contributed by atoms with van der Waals surface area (Å²) in [6.07, 6.45) is 9.39. The van der Waals surface area contributed by atoms with Gasteiger partial charge in [-0.1, -0.05) is 27.2 Å². The molecule has 120 valence electrons. The minimum atomic E-state index is -0.0884. The molecule has 0 aromatic carbocycles. The topological polar surface area (TPSA) is 55.1 Å². The smallest absolute Gasteiger partial charge is 0.226 e. The van der Waals surface area contributed by atoms with Crippen LogP contribution in [0.3, 0.4) is 0 Å². The van der Waals surface area contributed by atoms with Gasteiger partial charge < -0.3 is 11.1 Å². The Morgan fingerprint density at radius 1 is 1.19 bits per heavy atom. The molecule has 4 bridgehead atoms. The van der Waals surface area contributed by atoms with Crippen molar-refractivity contribution in [2.24, 2.45) is 27.9 Å². The van der Waals surface area contributed by atoms with Gasteiger partial charge in [0.15, 0.2) is 0 Å².